The Bertz CT molecular complexity index is 404. The summed E-state index contributed by atoms with van der Waals surface area (Å²) < 4.78 is 27.8. The zero-order valence-electron chi connectivity index (χ0n) is 12.4. The van der Waals surface area contributed by atoms with Gasteiger partial charge < -0.3 is 5.32 Å². The third-order valence-electron chi connectivity index (χ3n) is 3.85. The average molecular weight is 269 g/mol. The highest BCUT2D eigenvalue weighted by Crippen LogP contribution is 2.31. The molecular weight excluding hydrogens is 244 g/mol. The van der Waals surface area contributed by atoms with Gasteiger partial charge in [-0.2, -0.15) is 0 Å². The average Bonchev–Trinajstić information content (AvgIpc) is 2.39. The van der Waals surface area contributed by atoms with Crippen LogP contribution < -0.4 is 5.32 Å². The van der Waals surface area contributed by atoms with Crippen molar-refractivity contribution in [3.63, 3.8) is 0 Å². The molecule has 0 aliphatic heterocycles. The van der Waals surface area contributed by atoms with Crippen molar-refractivity contribution in [2.24, 2.45) is 5.92 Å². The predicted molar refractivity (Wildman–Crippen MR) is 76.2 cm³/mol. The highest BCUT2D eigenvalue weighted by atomic mass is 19.1. The van der Waals surface area contributed by atoms with Crippen molar-refractivity contribution in [3.05, 3.63) is 34.9 Å². The molecule has 1 N–H and O–H groups in total. The Balaban J connectivity index is 3.04. The van der Waals surface area contributed by atoms with E-state index >= 15 is 0 Å². The van der Waals surface area contributed by atoms with E-state index in [1.54, 1.807) is 6.92 Å². The molecule has 1 rings (SSSR count). The van der Waals surface area contributed by atoms with Crippen molar-refractivity contribution in [3.8, 4) is 0 Å². The number of halogens is 2. The SMILES string of the molecule is CCCCC(CC)C(NC)c1cc(F)c(C)cc1F. The van der Waals surface area contributed by atoms with E-state index in [0.717, 1.165) is 25.7 Å². The van der Waals surface area contributed by atoms with Crippen LogP contribution >= 0.6 is 0 Å². The summed E-state index contributed by atoms with van der Waals surface area (Å²) in [6, 6.07) is 2.52. The summed E-state index contributed by atoms with van der Waals surface area (Å²) in [5.74, 6) is -0.309. The lowest BCUT2D eigenvalue weighted by Gasteiger charge is -2.27. The van der Waals surface area contributed by atoms with E-state index in [1.165, 1.54) is 12.1 Å². The molecule has 1 nitrogen and oxygen atoms in total. The molecule has 2 atom stereocenters. The van der Waals surface area contributed by atoms with Gasteiger partial charge in [0, 0.05) is 11.6 Å². The van der Waals surface area contributed by atoms with E-state index in [9.17, 15) is 8.78 Å². The van der Waals surface area contributed by atoms with Crippen LogP contribution in [0.25, 0.3) is 0 Å². The number of hydrogen-bond donors (Lipinski definition) is 1. The molecule has 0 aliphatic carbocycles. The first kappa shape index (κ1) is 16.1. The Hall–Kier alpha value is -0.960. The molecular formula is C16H25F2N. The number of hydrogen-bond acceptors (Lipinski definition) is 1. The minimum atomic E-state index is -0.331. The predicted octanol–water partition coefficient (Wildman–Crippen LogP) is 4.75. The van der Waals surface area contributed by atoms with Crippen molar-refractivity contribution in [2.75, 3.05) is 7.05 Å². The minimum Gasteiger partial charge on any atom is -0.313 e. The fourth-order valence-corrected chi connectivity index (χ4v) is 2.62. The number of nitrogens with one attached hydrogen (secondary N) is 1. The number of unbranched alkanes of at least 4 members (excludes halogenated alkanes) is 1. The Morgan fingerprint density at radius 2 is 1.84 bits per heavy atom. The lowest BCUT2D eigenvalue weighted by atomic mass is 9.86. The van der Waals surface area contributed by atoms with E-state index in [4.69, 9.17) is 0 Å². The minimum absolute atomic E-state index is 0.119. The summed E-state index contributed by atoms with van der Waals surface area (Å²) in [7, 11) is 1.82. The molecule has 0 saturated carbocycles. The Labute approximate surface area is 115 Å². The molecule has 0 spiro atoms. The van der Waals surface area contributed by atoms with Crippen LogP contribution in [0.3, 0.4) is 0 Å². The smallest absolute Gasteiger partial charge is 0.128 e. The highest BCUT2D eigenvalue weighted by Gasteiger charge is 2.23. The molecule has 1 aromatic carbocycles. The van der Waals surface area contributed by atoms with Gasteiger partial charge in [0.1, 0.15) is 11.6 Å². The van der Waals surface area contributed by atoms with Crippen LogP contribution in [0.15, 0.2) is 12.1 Å². The van der Waals surface area contributed by atoms with E-state index in [-0.39, 0.29) is 17.7 Å². The summed E-state index contributed by atoms with van der Waals surface area (Å²) >= 11 is 0. The molecule has 0 aliphatic rings. The van der Waals surface area contributed by atoms with E-state index in [0.29, 0.717) is 17.0 Å². The van der Waals surface area contributed by atoms with Gasteiger partial charge in [0.25, 0.3) is 0 Å². The maximum absolute atomic E-state index is 14.1. The largest absolute Gasteiger partial charge is 0.313 e. The van der Waals surface area contributed by atoms with Gasteiger partial charge in [0.15, 0.2) is 0 Å². The quantitative estimate of drug-likeness (QED) is 0.753. The Morgan fingerprint density at radius 1 is 1.16 bits per heavy atom. The maximum Gasteiger partial charge on any atom is 0.128 e. The Kier molecular flexibility index (Phi) is 6.43. The summed E-state index contributed by atoms with van der Waals surface area (Å²) in [5.41, 5.74) is 0.811. The van der Waals surface area contributed by atoms with Crippen LogP contribution in [-0.2, 0) is 0 Å². The third-order valence-corrected chi connectivity index (χ3v) is 3.85. The molecule has 1 aromatic rings. The summed E-state index contributed by atoms with van der Waals surface area (Å²) in [4.78, 5) is 0. The topological polar surface area (TPSA) is 12.0 Å². The van der Waals surface area contributed by atoms with Crippen molar-refractivity contribution < 1.29 is 8.78 Å². The number of rotatable bonds is 7. The maximum atomic E-state index is 14.1. The van der Waals surface area contributed by atoms with Crippen LogP contribution in [0, 0.1) is 24.5 Å². The fraction of sp³-hybridized carbons (Fsp3) is 0.625. The Morgan fingerprint density at radius 3 is 2.37 bits per heavy atom. The van der Waals surface area contributed by atoms with Crippen molar-refractivity contribution in [1.29, 1.82) is 0 Å². The van der Waals surface area contributed by atoms with Gasteiger partial charge in [-0.3, -0.25) is 0 Å². The van der Waals surface area contributed by atoms with Crippen LogP contribution in [-0.4, -0.2) is 7.05 Å². The van der Waals surface area contributed by atoms with E-state index in [1.807, 2.05) is 7.05 Å². The number of benzene rings is 1. The molecule has 0 saturated heterocycles. The molecule has 19 heavy (non-hydrogen) atoms. The van der Waals surface area contributed by atoms with Crippen molar-refractivity contribution in [2.45, 2.75) is 52.5 Å². The number of aryl methyl sites for hydroxylation is 1. The standard InChI is InChI=1S/C16H25F2N/c1-5-7-8-12(6-2)16(19-4)13-10-14(17)11(3)9-15(13)18/h9-10,12,16,19H,5-8H2,1-4H3. The van der Waals surface area contributed by atoms with Gasteiger partial charge in [0.05, 0.1) is 0 Å². The first-order chi connectivity index (χ1) is 9.04. The zero-order valence-corrected chi connectivity index (χ0v) is 12.4. The summed E-state index contributed by atoms with van der Waals surface area (Å²) in [6.07, 6.45) is 4.23. The molecule has 108 valence electrons. The molecule has 0 aromatic heterocycles. The van der Waals surface area contributed by atoms with Crippen molar-refractivity contribution in [1.82, 2.24) is 5.32 Å². The lowest BCUT2D eigenvalue weighted by molar-refractivity contribution is 0.330. The van der Waals surface area contributed by atoms with Gasteiger partial charge in [-0.25, -0.2) is 8.78 Å². The second-order valence-electron chi connectivity index (χ2n) is 5.20. The second kappa shape index (κ2) is 7.59. The first-order valence-electron chi connectivity index (χ1n) is 7.17. The molecule has 2 unspecified atom stereocenters. The molecule has 0 bridgehead atoms. The van der Waals surface area contributed by atoms with Crippen LogP contribution in [0.1, 0.15) is 56.7 Å². The molecule has 0 fully saturated rings. The van der Waals surface area contributed by atoms with Gasteiger partial charge in [0.2, 0.25) is 0 Å². The second-order valence-corrected chi connectivity index (χ2v) is 5.20. The lowest BCUT2D eigenvalue weighted by Crippen LogP contribution is -2.26. The zero-order chi connectivity index (χ0) is 14.4. The van der Waals surface area contributed by atoms with Crippen LogP contribution in [0.2, 0.25) is 0 Å². The summed E-state index contributed by atoms with van der Waals surface area (Å²) in [5, 5.41) is 3.16. The molecule has 3 heteroatoms. The van der Waals surface area contributed by atoms with Gasteiger partial charge in [-0.15, -0.1) is 0 Å². The molecule has 0 heterocycles. The molecule has 0 amide bonds. The monoisotopic (exact) mass is 269 g/mol. The van der Waals surface area contributed by atoms with Crippen molar-refractivity contribution >= 4 is 0 Å². The van der Waals surface area contributed by atoms with Gasteiger partial charge in [-0.05, 0) is 44.0 Å². The van der Waals surface area contributed by atoms with E-state index < -0.39 is 0 Å². The highest BCUT2D eigenvalue weighted by molar-refractivity contribution is 5.28. The normalized spacial score (nSPS) is 14.4. The fourth-order valence-electron chi connectivity index (χ4n) is 2.62. The van der Waals surface area contributed by atoms with Crippen LogP contribution in [0.4, 0.5) is 8.78 Å². The first-order valence-corrected chi connectivity index (χ1v) is 7.17. The van der Waals surface area contributed by atoms with Crippen LogP contribution in [0.5, 0.6) is 0 Å². The van der Waals surface area contributed by atoms with Gasteiger partial charge in [-0.1, -0.05) is 33.1 Å². The van der Waals surface area contributed by atoms with Gasteiger partial charge >= 0.3 is 0 Å². The van der Waals surface area contributed by atoms with E-state index in [2.05, 4.69) is 19.2 Å². The summed E-state index contributed by atoms with van der Waals surface area (Å²) in [6.45, 7) is 5.84. The third kappa shape index (κ3) is 4.00. The molecule has 0 radical (unpaired) electrons.